The molecule has 0 spiro atoms. The third-order valence-electron chi connectivity index (χ3n) is 3.67. The van der Waals surface area contributed by atoms with Gasteiger partial charge in [0.2, 0.25) is 0 Å². The van der Waals surface area contributed by atoms with Gasteiger partial charge in [-0.1, -0.05) is 28.1 Å². The SMILES string of the molecule is CSCC[C@@H](NC(=O)/C(=C/c1ccc(Br)cc1)NC(=O)c1ccc(Br)o1)C(=O)[O-]. The molecular formula is C19H17Br2N2O5S-. The zero-order chi connectivity index (χ0) is 21.4. The van der Waals surface area contributed by atoms with Gasteiger partial charge in [-0.05, 0) is 70.3 Å². The second-order valence-electron chi connectivity index (χ2n) is 5.79. The zero-order valence-electron chi connectivity index (χ0n) is 15.2. The molecule has 1 aromatic carbocycles. The summed E-state index contributed by atoms with van der Waals surface area (Å²) in [6.45, 7) is 0. The normalized spacial score (nSPS) is 12.3. The number of furan rings is 1. The molecule has 7 nitrogen and oxygen atoms in total. The number of hydrogen-bond acceptors (Lipinski definition) is 6. The number of thioether (sulfide) groups is 1. The number of hydrogen-bond donors (Lipinski definition) is 2. The van der Waals surface area contributed by atoms with E-state index in [4.69, 9.17) is 4.42 Å². The third kappa shape index (κ3) is 7.37. The Morgan fingerprint density at radius 3 is 2.41 bits per heavy atom. The fourth-order valence-corrected chi connectivity index (χ4v) is 3.27. The number of nitrogens with one attached hydrogen (secondary N) is 2. The molecule has 0 aliphatic carbocycles. The minimum Gasteiger partial charge on any atom is -0.548 e. The molecule has 2 amide bonds. The Bertz CT molecular complexity index is 912. The minimum absolute atomic E-state index is 0.00906. The molecule has 0 unspecified atom stereocenters. The highest BCUT2D eigenvalue weighted by atomic mass is 79.9. The van der Waals surface area contributed by atoms with Gasteiger partial charge in [-0.15, -0.1) is 0 Å². The lowest BCUT2D eigenvalue weighted by atomic mass is 10.1. The highest BCUT2D eigenvalue weighted by Crippen LogP contribution is 2.16. The van der Waals surface area contributed by atoms with Crippen LogP contribution in [0, 0.1) is 0 Å². The average Bonchev–Trinajstić information content (AvgIpc) is 3.12. The molecule has 0 fully saturated rings. The van der Waals surface area contributed by atoms with Crippen LogP contribution in [0.4, 0.5) is 0 Å². The molecule has 0 aliphatic heterocycles. The van der Waals surface area contributed by atoms with Gasteiger partial charge in [0.25, 0.3) is 11.8 Å². The fourth-order valence-electron chi connectivity index (χ4n) is 2.22. The first-order chi connectivity index (χ1) is 13.8. The lowest BCUT2D eigenvalue weighted by molar-refractivity contribution is -0.308. The molecule has 0 saturated carbocycles. The van der Waals surface area contributed by atoms with Crippen molar-refractivity contribution < 1.29 is 23.9 Å². The first-order valence-electron chi connectivity index (χ1n) is 8.34. The highest BCUT2D eigenvalue weighted by molar-refractivity contribution is 9.10. The zero-order valence-corrected chi connectivity index (χ0v) is 19.2. The lowest BCUT2D eigenvalue weighted by Crippen LogP contribution is -2.50. The molecule has 2 N–H and O–H groups in total. The fraction of sp³-hybridized carbons (Fsp3) is 0.211. The summed E-state index contributed by atoms with van der Waals surface area (Å²) in [7, 11) is 0. The molecule has 2 aromatic rings. The summed E-state index contributed by atoms with van der Waals surface area (Å²) < 4.78 is 6.40. The van der Waals surface area contributed by atoms with Crippen molar-refractivity contribution in [1.29, 1.82) is 0 Å². The predicted octanol–water partition coefficient (Wildman–Crippen LogP) is 2.56. The predicted molar refractivity (Wildman–Crippen MR) is 116 cm³/mol. The van der Waals surface area contributed by atoms with E-state index in [1.807, 2.05) is 6.26 Å². The number of benzene rings is 1. The Balaban J connectivity index is 2.27. The van der Waals surface area contributed by atoms with E-state index >= 15 is 0 Å². The van der Waals surface area contributed by atoms with Gasteiger partial charge in [0.15, 0.2) is 10.4 Å². The molecule has 1 atom stereocenters. The van der Waals surface area contributed by atoms with E-state index in [1.165, 1.54) is 23.9 Å². The van der Waals surface area contributed by atoms with Gasteiger partial charge in [-0.25, -0.2) is 0 Å². The summed E-state index contributed by atoms with van der Waals surface area (Å²) in [5.41, 5.74) is 0.508. The van der Waals surface area contributed by atoms with Crippen molar-refractivity contribution in [3.63, 3.8) is 0 Å². The van der Waals surface area contributed by atoms with Crippen LogP contribution in [-0.4, -0.2) is 35.8 Å². The molecule has 10 heteroatoms. The van der Waals surface area contributed by atoms with Crippen molar-refractivity contribution in [3.8, 4) is 0 Å². The average molecular weight is 545 g/mol. The van der Waals surface area contributed by atoms with Gasteiger partial charge < -0.3 is 25.0 Å². The summed E-state index contributed by atoms with van der Waals surface area (Å²) in [6, 6.07) is 8.81. The molecule has 1 heterocycles. The molecule has 29 heavy (non-hydrogen) atoms. The highest BCUT2D eigenvalue weighted by Gasteiger charge is 2.20. The molecule has 2 rings (SSSR count). The standard InChI is InChI=1S/C19H18Br2N2O5S/c1-29-9-8-13(19(26)27)22-17(24)14(10-11-2-4-12(20)5-3-11)23-18(25)15-6-7-16(21)28-15/h2-7,10,13H,8-9H2,1H3,(H,22,24)(H,23,25)(H,26,27)/p-1/b14-10-/t13-/m1/s1. The minimum atomic E-state index is -1.39. The van der Waals surface area contributed by atoms with Gasteiger partial charge in [0, 0.05) is 4.47 Å². The monoisotopic (exact) mass is 543 g/mol. The lowest BCUT2D eigenvalue weighted by Gasteiger charge is -2.20. The second-order valence-corrected chi connectivity index (χ2v) is 8.48. The topological polar surface area (TPSA) is 111 Å². The summed E-state index contributed by atoms with van der Waals surface area (Å²) in [5.74, 6) is -2.27. The van der Waals surface area contributed by atoms with Crippen LogP contribution in [0.25, 0.3) is 6.08 Å². The van der Waals surface area contributed by atoms with E-state index in [0.717, 1.165) is 4.47 Å². The number of carbonyl (C=O) groups excluding carboxylic acids is 3. The summed E-state index contributed by atoms with van der Waals surface area (Å²) >= 11 is 7.88. The van der Waals surface area contributed by atoms with E-state index in [9.17, 15) is 19.5 Å². The number of halogens is 2. The largest absolute Gasteiger partial charge is 0.548 e. The van der Waals surface area contributed by atoms with Crippen LogP contribution in [0.3, 0.4) is 0 Å². The van der Waals surface area contributed by atoms with Crippen LogP contribution in [0.5, 0.6) is 0 Å². The van der Waals surface area contributed by atoms with Gasteiger partial charge in [0.05, 0.1) is 12.0 Å². The maximum atomic E-state index is 12.7. The first kappa shape index (κ1) is 23.2. The van der Waals surface area contributed by atoms with Crippen LogP contribution in [0.1, 0.15) is 22.5 Å². The van der Waals surface area contributed by atoms with E-state index in [1.54, 1.807) is 30.3 Å². The number of rotatable bonds is 9. The van der Waals surface area contributed by atoms with Crippen molar-refractivity contribution in [2.75, 3.05) is 12.0 Å². The maximum Gasteiger partial charge on any atom is 0.291 e. The van der Waals surface area contributed by atoms with Gasteiger partial charge in [-0.3, -0.25) is 9.59 Å². The molecule has 1 aromatic heterocycles. The summed E-state index contributed by atoms with van der Waals surface area (Å²) in [6.07, 6.45) is 3.47. The summed E-state index contributed by atoms with van der Waals surface area (Å²) in [5, 5.41) is 16.2. The van der Waals surface area contributed by atoms with Crippen LogP contribution in [0.2, 0.25) is 0 Å². The molecule has 0 saturated heterocycles. The Labute approximate surface area is 188 Å². The van der Waals surface area contributed by atoms with Crippen molar-refractivity contribution >= 4 is 67.5 Å². The number of carboxylic acid groups (broad SMARTS) is 1. The van der Waals surface area contributed by atoms with Crippen LogP contribution in [0.15, 0.2) is 55.7 Å². The third-order valence-corrected chi connectivity index (χ3v) is 5.27. The van der Waals surface area contributed by atoms with Crippen molar-refractivity contribution in [1.82, 2.24) is 10.6 Å². The second kappa shape index (κ2) is 11.2. The Hall–Kier alpha value is -2.04. The van der Waals surface area contributed by atoms with Crippen molar-refractivity contribution in [3.05, 3.63) is 62.6 Å². The Morgan fingerprint density at radius 2 is 1.86 bits per heavy atom. The van der Waals surface area contributed by atoms with E-state index in [-0.39, 0.29) is 17.9 Å². The molecule has 0 bridgehead atoms. The maximum absolute atomic E-state index is 12.7. The van der Waals surface area contributed by atoms with Crippen LogP contribution >= 0.6 is 43.6 Å². The van der Waals surface area contributed by atoms with E-state index in [2.05, 4.69) is 42.5 Å². The van der Waals surface area contributed by atoms with E-state index in [0.29, 0.717) is 16.0 Å². The first-order valence-corrected chi connectivity index (χ1v) is 11.3. The van der Waals surface area contributed by atoms with E-state index < -0.39 is 23.8 Å². The van der Waals surface area contributed by atoms with Crippen LogP contribution in [-0.2, 0) is 9.59 Å². The van der Waals surface area contributed by atoms with Gasteiger partial charge in [0.1, 0.15) is 5.70 Å². The van der Waals surface area contributed by atoms with Crippen molar-refractivity contribution in [2.24, 2.45) is 0 Å². The Morgan fingerprint density at radius 1 is 1.17 bits per heavy atom. The quantitative estimate of drug-likeness (QED) is 0.469. The number of carbonyl (C=O) groups is 3. The Kier molecular flexibility index (Phi) is 8.99. The summed E-state index contributed by atoms with van der Waals surface area (Å²) in [4.78, 5) is 36.5. The molecular weight excluding hydrogens is 528 g/mol. The van der Waals surface area contributed by atoms with Gasteiger partial charge in [-0.2, -0.15) is 11.8 Å². The molecule has 0 radical (unpaired) electrons. The number of amides is 2. The number of aliphatic carboxylic acids is 1. The number of carboxylic acids is 1. The molecule has 0 aliphatic rings. The van der Waals surface area contributed by atoms with Crippen LogP contribution < -0.4 is 15.7 Å². The van der Waals surface area contributed by atoms with Crippen molar-refractivity contribution in [2.45, 2.75) is 12.5 Å². The van der Waals surface area contributed by atoms with Gasteiger partial charge >= 0.3 is 0 Å². The smallest absolute Gasteiger partial charge is 0.291 e. The molecule has 154 valence electrons.